The Kier molecular flexibility index (Phi) is 5.98. The van der Waals surface area contributed by atoms with Gasteiger partial charge in [-0.2, -0.15) is 4.31 Å². The van der Waals surface area contributed by atoms with E-state index in [0.29, 0.717) is 30.6 Å². The molecular formula is C13H24N2O2S2. The van der Waals surface area contributed by atoms with Crippen molar-refractivity contribution in [1.29, 1.82) is 0 Å². The number of nitrogens with zero attached hydrogens (tertiary/aromatic N) is 1. The fourth-order valence-corrected chi connectivity index (χ4v) is 5.12. The maximum absolute atomic E-state index is 12.6. The fourth-order valence-electron chi connectivity index (χ4n) is 1.95. The van der Waals surface area contributed by atoms with Gasteiger partial charge in [-0.25, -0.2) is 8.42 Å². The first kappa shape index (κ1) is 16.6. The standard InChI is InChI=1S/C13H24N2O2S2/c1-6-15(7-2)19(16,17)13-11(5)9-18-12(13)8-14-10(3)4/h9-10,14H,6-8H2,1-5H3. The number of sulfonamides is 1. The first-order chi connectivity index (χ1) is 8.84. The zero-order valence-corrected chi connectivity index (χ0v) is 14.0. The average molecular weight is 304 g/mol. The minimum Gasteiger partial charge on any atom is -0.310 e. The van der Waals surface area contributed by atoms with Crippen molar-refractivity contribution in [3.05, 3.63) is 15.8 Å². The molecule has 1 rings (SSSR count). The maximum Gasteiger partial charge on any atom is 0.244 e. The van der Waals surface area contributed by atoms with Crippen molar-refractivity contribution in [2.75, 3.05) is 13.1 Å². The van der Waals surface area contributed by atoms with Gasteiger partial charge in [0.15, 0.2) is 0 Å². The van der Waals surface area contributed by atoms with Crippen molar-refractivity contribution in [3.8, 4) is 0 Å². The molecule has 1 aromatic heterocycles. The first-order valence-corrected chi connectivity index (χ1v) is 8.97. The van der Waals surface area contributed by atoms with Gasteiger partial charge in [0.1, 0.15) is 4.90 Å². The van der Waals surface area contributed by atoms with E-state index in [1.54, 1.807) is 0 Å². The van der Waals surface area contributed by atoms with Crippen LogP contribution in [0.25, 0.3) is 0 Å². The molecule has 0 spiro atoms. The second kappa shape index (κ2) is 6.83. The highest BCUT2D eigenvalue weighted by Gasteiger charge is 2.27. The molecule has 0 radical (unpaired) electrons. The van der Waals surface area contributed by atoms with Crippen molar-refractivity contribution in [3.63, 3.8) is 0 Å². The van der Waals surface area contributed by atoms with Gasteiger partial charge in [-0.15, -0.1) is 11.3 Å². The Morgan fingerprint density at radius 2 is 1.89 bits per heavy atom. The number of thiophene rings is 1. The van der Waals surface area contributed by atoms with Crippen LogP contribution in [0.15, 0.2) is 10.3 Å². The van der Waals surface area contributed by atoms with Crippen molar-refractivity contribution >= 4 is 21.4 Å². The molecule has 0 unspecified atom stereocenters. The van der Waals surface area contributed by atoms with E-state index in [2.05, 4.69) is 19.2 Å². The Morgan fingerprint density at radius 1 is 1.32 bits per heavy atom. The lowest BCUT2D eigenvalue weighted by Gasteiger charge is -2.20. The summed E-state index contributed by atoms with van der Waals surface area (Å²) in [6, 6.07) is 0.339. The zero-order chi connectivity index (χ0) is 14.6. The monoisotopic (exact) mass is 304 g/mol. The van der Waals surface area contributed by atoms with Crippen molar-refractivity contribution < 1.29 is 8.42 Å². The molecule has 0 amide bonds. The maximum atomic E-state index is 12.6. The second-order valence-electron chi connectivity index (χ2n) is 4.80. The van der Waals surface area contributed by atoms with E-state index in [9.17, 15) is 8.42 Å². The zero-order valence-electron chi connectivity index (χ0n) is 12.4. The molecule has 19 heavy (non-hydrogen) atoms. The van der Waals surface area contributed by atoms with E-state index in [4.69, 9.17) is 0 Å². The Balaban J connectivity index is 3.15. The van der Waals surface area contributed by atoms with Crippen molar-refractivity contribution in [1.82, 2.24) is 9.62 Å². The quantitative estimate of drug-likeness (QED) is 0.842. The summed E-state index contributed by atoms with van der Waals surface area (Å²) in [5.74, 6) is 0. The van der Waals surface area contributed by atoms with Gasteiger partial charge in [0.25, 0.3) is 0 Å². The number of aryl methyl sites for hydroxylation is 1. The van der Waals surface area contributed by atoms with E-state index in [-0.39, 0.29) is 0 Å². The molecule has 0 aromatic carbocycles. The van der Waals surface area contributed by atoms with Crippen LogP contribution >= 0.6 is 11.3 Å². The normalized spacial score (nSPS) is 12.6. The lowest BCUT2D eigenvalue weighted by molar-refractivity contribution is 0.444. The smallest absolute Gasteiger partial charge is 0.244 e. The summed E-state index contributed by atoms with van der Waals surface area (Å²) in [5, 5.41) is 5.21. The van der Waals surface area contributed by atoms with Crippen molar-refractivity contribution in [2.24, 2.45) is 0 Å². The summed E-state index contributed by atoms with van der Waals surface area (Å²) in [6.45, 7) is 11.3. The van der Waals surface area contributed by atoms with Gasteiger partial charge >= 0.3 is 0 Å². The summed E-state index contributed by atoms with van der Waals surface area (Å²) < 4.78 is 26.8. The van der Waals surface area contributed by atoms with Gasteiger partial charge in [0.05, 0.1) is 0 Å². The summed E-state index contributed by atoms with van der Waals surface area (Å²) in [6.07, 6.45) is 0. The third-order valence-electron chi connectivity index (χ3n) is 2.96. The Bertz CT molecular complexity index is 503. The van der Waals surface area contributed by atoms with Gasteiger partial charge in [-0.05, 0) is 17.9 Å². The highest BCUT2D eigenvalue weighted by Crippen LogP contribution is 2.29. The molecule has 0 saturated carbocycles. The molecule has 6 heteroatoms. The van der Waals surface area contributed by atoms with Gasteiger partial charge in [0, 0.05) is 30.6 Å². The molecule has 0 saturated heterocycles. The Morgan fingerprint density at radius 3 is 2.37 bits per heavy atom. The van der Waals surface area contributed by atoms with Gasteiger partial charge in [-0.3, -0.25) is 0 Å². The molecular weight excluding hydrogens is 280 g/mol. The molecule has 0 bridgehead atoms. The summed E-state index contributed by atoms with van der Waals surface area (Å²) >= 11 is 1.52. The predicted molar refractivity (Wildman–Crippen MR) is 81.1 cm³/mol. The molecule has 0 aliphatic carbocycles. The lowest BCUT2D eigenvalue weighted by Crippen LogP contribution is -2.32. The molecule has 110 valence electrons. The van der Waals surface area contributed by atoms with Gasteiger partial charge < -0.3 is 5.32 Å². The summed E-state index contributed by atoms with van der Waals surface area (Å²) in [5.41, 5.74) is 0.845. The van der Waals surface area contributed by atoms with Gasteiger partial charge in [0.2, 0.25) is 10.0 Å². The highest BCUT2D eigenvalue weighted by molar-refractivity contribution is 7.89. The van der Waals surface area contributed by atoms with E-state index in [1.807, 2.05) is 26.2 Å². The van der Waals surface area contributed by atoms with Crippen molar-refractivity contribution in [2.45, 2.75) is 52.1 Å². The largest absolute Gasteiger partial charge is 0.310 e. The van der Waals surface area contributed by atoms with E-state index >= 15 is 0 Å². The molecule has 0 aliphatic heterocycles. The van der Waals surface area contributed by atoms with Crippen LogP contribution in [0.4, 0.5) is 0 Å². The van der Waals surface area contributed by atoms with E-state index in [0.717, 1.165) is 10.4 Å². The van der Waals surface area contributed by atoms with Crippen LogP contribution in [-0.2, 0) is 16.6 Å². The second-order valence-corrected chi connectivity index (χ2v) is 7.63. The van der Waals surface area contributed by atoms with Crippen LogP contribution in [0.2, 0.25) is 0 Å². The first-order valence-electron chi connectivity index (χ1n) is 6.65. The fraction of sp³-hybridized carbons (Fsp3) is 0.692. The van der Waals surface area contributed by atoms with Crippen LogP contribution in [-0.4, -0.2) is 31.9 Å². The molecule has 1 aromatic rings. The topological polar surface area (TPSA) is 49.4 Å². The third-order valence-corrected chi connectivity index (χ3v) is 6.48. The summed E-state index contributed by atoms with van der Waals surface area (Å²) in [7, 11) is -3.36. The van der Waals surface area contributed by atoms with Crippen LogP contribution in [0, 0.1) is 6.92 Å². The van der Waals surface area contributed by atoms with E-state index in [1.165, 1.54) is 15.6 Å². The number of rotatable bonds is 7. The lowest BCUT2D eigenvalue weighted by atomic mass is 10.3. The molecule has 0 fully saturated rings. The van der Waals surface area contributed by atoms with Crippen LogP contribution in [0.5, 0.6) is 0 Å². The van der Waals surface area contributed by atoms with Crippen LogP contribution in [0.3, 0.4) is 0 Å². The Hall–Kier alpha value is -0.430. The molecule has 0 aliphatic rings. The molecule has 1 heterocycles. The van der Waals surface area contributed by atoms with Crippen LogP contribution in [0.1, 0.15) is 38.1 Å². The van der Waals surface area contributed by atoms with E-state index < -0.39 is 10.0 Å². The number of nitrogens with one attached hydrogen (secondary N) is 1. The van der Waals surface area contributed by atoms with Crippen LogP contribution < -0.4 is 5.32 Å². The molecule has 1 N–H and O–H groups in total. The molecule has 4 nitrogen and oxygen atoms in total. The Labute approximate surface area is 120 Å². The van der Waals surface area contributed by atoms with Gasteiger partial charge in [-0.1, -0.05) is 27.7 Å². The minimum atomic E-state index is -3.36. The summed E-state index contributed by atoms with van der Waals surface area (Å²) in [4.78, 5) is 1.40. The average Bonchev–Trinajstić information content (AvgIpc) is 2.69. The molecule has 0 atom stereocenters. The minimum absolute atomic E-state index is 0.339. The highest BCUT2D eigenvalue weighted by atomic mass is 32.2. The third kappa shape index (κ3) is 3.78. The SMILES string of the molecule is CCN(CC)S(=O)(=O)c1c(C)csc1CNC(C)C. The number of hydrogen-bond acceptors (Lipinski definition) is 4. The number of hydrogen-bond donors (Lipinski definition) is 1. The predicted octanol–water partition coefficient (Wildman–Crippen LogP) is 2.59.